The van der Waals surface area contributed by atoms with Gasteiger partial charge in [-0.15, -0.1) is 0 Å². The Morgan fingerprint density at radius 1 is 1.44 bits per heavy atom. The van der Waals surface area contributed by atoms with Crippen molar-refractivity contribution in [1.29, 1.82) is 0 Å². The Balaban J connectivity index is 2.18. The molecule has 0 bridgehead atoms. The van der Waals surface area contributed by atoms with Gasteiger partial charge in [0.1, 0.15) is 0 Å². The number of anilines is 2. The van der Waals surface area contributed by atoms with E-state index in [0.717, 1.165) is 32.1 Å². The van der Waals surface area contributed by atoms with Crippen molar-refractivity contribution in [3.8, 4) is 0 Å². The van der Waals surface area contributed by atoms with E-state index in [1.54, 1.807) is 18.2 Å². The summed E-state index contributed by atoms with van der Waals surface area (Å²) < 4.78 is 0. The van der Waals surface area contributed by atoms with Gasteiger partial charge in [0.25, 0.3) is 0 Å². The smallest absolute Gasteiger partial charge is 0.230 e. The molecular weight excluding hydrogens is 248 g/mol. The molecule has 1 aromatic carbocycles. The highest BCUT2D eigenvalue weighted by Crippen LogP contribution is 2.42. The minimum Gasteiger partial charge on any atom is -0.399 e. The number of carbonyl (C=O) groups excluding carboxylic acids is 1. The van der Waals surface area contributed by atoms with Crippen molar-refractivity contribution in [1.82, 2.24) is 0 Å². The Hall–Kier alpha value is -1.22. The first kappa shape index (κ1) is 13.2. The van der Waals surface area contributed by atoms with Gasteiger partial charge in [-0.2, -0.15) is 0 Å². The standard InChI is InChI=1S/C14H19ClN2O/c1-2-14(7-3-4-8-14)13(18)17-12-9-10(16)5-6-11(12)15/h5-6,9H,2-4,7-8,16H2,1H3,(H,17,18). The minimum absolute atomic E-state index is 0.0787. The summed E-state index contributed by atoms with van der Waals surface area (Å²) in [6.07, 6.45) is 5.07. The first-order valence-electron chi connectivity index (χ1n) is 6.44. The number of benzene rings is 1. The van der Waals surface area contributed by atoms with Crippen molar-refractivity contribution in [2.24, 2.45) is 5.41 Å². The molecule has 1 aromatic rings. The highest BCUT2D eigenvalue weighted by molar-refractivity contribution is 6.33. The molecule has 0 aliphatic heterocycles. The SMILES string of the molecule is CCC1(C(=O)Nc2cc(N)ccc2Cl)CCCC1. The van der Waals surface area contributed by atoms with Crippen LogP contribution in [0.4, 0.5) is 11.4 Å². The number of hydrogen-bond acceptors (Lipinski definition) is 2. The Bertz CT molecular complexity index is 453. The molecule has 0 heterocycles. The van der Waals surface area contributed by atoms with Gasteiger partial charge in [0.2, 0.25) is 5.91 Å². The number of carbonyl (C=O) groups is 1. The third kappa shape index (κ3) is 2.46. The zero-order valence-electron chi connectivity index (χ0n) is 10.6. The molecule has 1 fully saturated rings. The second-order valence-corrected chi connectivity index (χ2v) is 5.44. The molecule has 3 nitrogen and oxygen atoms in total. The number of nitrogens with two attached hydrogens (primary N) is 1. The molecule has 0 aromatic heterocycles. The van der Waals surface area contributed by atoms with Crippen molar-refractivity contribution in [3.05, 3.63) is 23.2 Å². The quantitative estimate of drug-likeness (QED) is 0.817. The van der Waals surface area contributed by atoms with Crippen molar-refractivity contribution in [2.75, 3.05) is 11.1 Å². The van der Waals surface area contributed by atoms with Crippen LogP contribution >= 0.6 is 11.6 Å². The summed E-state index contributed by atoms with van der Waals surface area (Å²) in [5.74, 6) is 0.0787. The average molecular weight is 267 g/mol. The summed E-state index contributed by atoms with van der Waals surface area (Å²) in [5, 5.41) is 3.46. The lowest BCUT2D eigenvalue weighted by molar-refractivity contribution is -0.125. The third-order valence-corrected chi connectivity index (χ3v) is 4.29. The molecule has 3 N–H and O–H groups in total. The second kappa shape index (κ2) is 5.19. The predicted octanol–water partition coefficient (Wildman–Crippen LogP) is 3.83. The van der Waals surface area contributed by atoms with Gasteiger partial charge in [-0.05, 0) is 37.5 Å². The minimum atomic E-state index is -0.214. The fourth-order valence-corrected chi connectivity index (χ4v) is 2.85. The lowest BCUT2D eigenvalue weighted by atomic mass is 9.82. The summed E-state index contributed by atoms with van der Waals surface area (Å²) in [5.41, 5.74) is 6.71. The molecular formula is C14H19ClN2O. The Labute approximate surface area is 113 Å². The number of halogens is 1. The van der Waals surface area contributed by atoms with Gasteiger partial charge in [-0.25, -0.2) is 0 Å². The van der Waals surface area contributed by atoms with Crippen molar-refractivity contribution in [3.63, 3.8) is 0 Å². The van der Waals surface area contributed by atoms with Crippen molar-refractivity contribution >= 4 is 28.9 Å². The molecule has 18 heavy (non-hydrogen) atoms. The van der Waals surface area contributed by atoms with E-state index < -0.39 is 0 Å². The molecule has 4 heteroatoms. The molecule has 98 valence electrons. The van der Waals surface area contributed by atoms with Gasteiger partial charge in [0, 0.05) is 11.1 Å². The maximum atomic E-state index is 12.4. The normalized spacial score (nSPS) is 17.7. The van der Waals surface area contributed by atoms with E-state index in [2.05, 4.69) is 12.2 Å². The predicted molar refractivity (Wildman–Crippen MR) is 75.7 cm³/mol. The van der Waals surface area contributed by atoms with Crippen LogP contribution in [-0.4, -0.2) is 5.91 Å². The van der Waals surface area contributed by atoms with E-state index in [-0.39, 0.29) is 11.3 Å². The van der Waals surface area contributed by atoms with Gasteiger partial charge in [-0.1, -0.05) is 31.4 Å². The summed E-state index contributed by atoms with van der Waals surface area (Å²) in [6, 6.07) is 5.14. The van der Waals surface area contributed by atoms with Crippen LogP contribution in [0.3, 0.4) is 0 Å². The van der Waals surface area contributed by atoms with Gasteiger partial charge in [0.15, 0.2) is 0 Å². The van der Waals surface area contributed by atoms with Crippen LogP contribution in [0.2, 0.25) is 5.02 Å². The van der Waals surface area contributed by atoms with Gasteiger partial charge >= 0.3 is 0 Å². The van der Waals surface area contributed by atoms with Crippen LogP contribution in [0.1, 0.15) is 39.0 Å². The number of amides is 1. The van der Waals surface area contributed by atoms with Crippen LogP contribution in [0, 0.1) is 5.41 Å². The van der Waals surface area contributed by atoms with E-state index in [9.17, 15) is 4.79 Å². The van der Waals surface area contributed by atoms with Crippen LogP contribution in [-0.2, 0) is 4.79 Å². The maximum absolute atomic E-state index is 12.4. The summed E-state index contributed by atoms with van der Waals surface area (Å²) in [7, 11) is 0. The third-order valence-electron chi connectivity index (χ3n) is 3.96. The Morgan fingerprint density at radius 3 is 2.72 bits per heavy atom. The molecule has 0 spiro atoms. The van der Waals surface area contributed by atoms with Crippen LogP contribution in [0.15, 0.2) is 18.2 Å². The van der Waals surface area contributed by atoms with Gasteiger partial charge in [-0.3, -0.25) is 4.79 Å². The second-order valence-electron chi connectivity index (χ2n) is 5.03. The van der Waals surface area contributed by atoms with Crippen LogP contribution in [0.5, 0.6) is 0 Å². The Morgan fingerprint density at radius 2 is 2.11 bits per heavy atom. The molecule has 0 atom stereocenters. The van der Waals surface area contributed by atoms with E-state index in [0.29, 0.717) is 16.4 Å². The summed E-state index contributed by atoms with van der Waals surface area (Å²) >= 11 is 6.07. The molecule has 2 rings (SSSR count). The zero-order chi connectivity index (χ0) is 13.2. The van der Waals surface area contributed by atoms with Gasteiger partial charge in [0.05, 0.1) is 10.7 Å². The molecule has 1 amide bonds. The van der Waals surface area contributed by atoms with Crippen LogP contribution < -0.4 is 11.1 Å². The highest BCUT2D eigenvalue weighted by Gasteiger charge is 2.39. The lowest BCUT2D eigenvalue weighted by Gasteiger charge is -2.26. The molecule has 0 unspecified atom stereocenters. The average Bonchev–Trinajstić information content (AvgIpc) is 2.84. The van der Waals surface area contributed by atoms with Gasteiger partial charge < -0.3 is 11.1 Å². The maximum Gasteiger partial charge on any atom is 0.230 e. The fourth-order valence-electron chi connectivity index (χ4n) is 2.69. The van der Waals surface area contributed by atoms with E-state index in [1.807, 2.05) is 0 Å². The molecule has 0 radical (unpaired) electrons. The van der Waals surface area contributed by atoms with E-state index in [1.165, 1.54) is 0 Å². The number of rotatable bonds is 3. The summed E-state index contributed by atoms with van der Waals surface area (Å²) in [4.78, 5) is 12.4. The topological polar surface area (TPSA) is 55.1 Å². The number of hydrogen-bond donors (Lipinski definition) is 2. The molecule has 1 aliphatic carbocycles. The molecule has 1 aliphatic rings. The molecule has 1 saturated carbocycles. The largest absolute Gasteiger partial charge is 0.399 e. The number of nitrogen functional groups attached to an aromatic ring is 1. The van der Waals surface area contributed by atoms with E-state index in [4.69, 9.17) is 17.3 Å². The van der Waals surface area contributed by atoms with Crippen LogP contribution in [0.25, 0.3) is 0 Å². The zero-order valence-corrected chi connectivity index (χ0v) is 11.4. The first-order valence-corrected chi connectivity index (χ1v) is 6.82. The molecule has 0 saturated heterocycles. The number of nitrogens with one attached hydrogen (secondary N) is 1. The fraction of sp³-hybridized carbons (Fsp3) is 0.500. The lowest BCUT2D eigenvalue weighted by Crippen LogP contribution is -2.33. The van der Waals surface area contributed by atoms with E-state index >= 15 is 0 Å². The summed E-state index contributed by atoms with van der Waals surface area (Å²) in [6.45, 7) is 2.08. The first-order chi connectivity index (χ1) is 8.57. The van der Waals surface area contributed by atoms with Crippen molar-refractivity contribution < 1.29 is 4.79 Å². The van der Waals surface area contributed by atoms with Crippen molar-refractivity contribution in [2.45, 2.75) is 39.0 Å². The highest BCUT2D eigenvalue weighted by atomic mass is 35.5. The Kier molecular flexibility index (Phi) is 3.81. The monoisotopic (exact) mass is 266 g/mol.